The van der Waals surface area contributed by atoms with E-state index in [2.05, 4.69) is 10.2 Å². The van der Waals surface area contributed by atoms with Crippen molar-refractivity contribution in [3.05, 3.63) is 64.3 Å². The summed E-state index contributed by atoms with van der Waals surface area (Å²) >= 11 is 6.11. The van der Waals surface area contributed by atoms with Gasteiger partial charge in [0, 0.05) is 19.3 Å². The molecule has 0 aliphatic carbocycles. The van der Waals surface area contributed by atoms with E-state index < -0.39 is 5.82 Å². The molecule has 5 nitrogen and oxygen atoms in total. The molecule has 134 valence electrons. The van der Waals surface area contributed by atoms with Crippen molar-refractivity contribution in [2.75, 3.05) is 13.1 Å². The molecule has 1 aliphatic heterocycles. The quantitative estimate of drug-likeness (QED) is 0.686. The van der Waals surface area contributed by atoms with Gasteiger partial charge in [-0.1, -0.05) is 29.8 Å². The van der Waals surface area contributed by atoms with E-state index in [-0.39, 0.29) is 16.8 Å². The van der Waals surface area contributed by atoms with Crippen LogP contribution in [0, 0.1) is 12.7 Å². The highest BCUT2D eigenvalue weighted by Gasteiger charge is 2.28. The van der Waals surface area contributed by atoms with Crippen LogP contribution in [0.15, 0.2) is 36.5 Å². The smallest absolute Gasteiger partial charge is 0.292 e. The second-order valence-electron chi connectivity index (χ2n) is 6.67. The molecule has 4 rings (SSSR count). The number of aromatic nitrogens is 3. The Hall–Kier alpha value is -2.47. The monoisotopic (exact) mass is 372 g/mol. The van der Waals surface area contributed by atoms with Gasteiger partial charge in [0.25, 0.3) is 5.91 Å². The largest absolute Gasteiger partial charge is 0.336 e. The number of carbonyl (C=O) groups is 1. The molecule has 0 bridgehead atoms. The Labute approximate surface area is 155 Å². The van der Waals surface area contributed by atoms with E-state index in [1.807, 2.05) is 31.3 Å². The third-order valence-electron chi connectivity index (χ3n) is 4.94. The predicted molar refractivity (Wildman–Crippen MR) is 97.0 cm³/mol. The van der Waals surface area contributed by atoms with Crippen LogP contribution in [-0.2, 0) is 0 Å². The van der Waals surface area contributed by atoms with Crippen LogP contribution in [0.5, 0.6) is 0 Å². The lowest BCUT2D eigenvalue weighted by Gasteiger charge is -2.32. The van der Waals surface area contributed by atoms with Gasteiger partial charge in [0.05, 0.1) is 5.02 Å². The Morgan fingerprint density at radius 2 is 1.96 bits per heavy atom. The number of amides is 1. The molecule has 1 fully saturated rings. The summed E-state index contributed by atoms with van der Waals surface area (Å²) in [6.07, 6.45) is 3.34. The topological polar surface area (TPSA) is 50.5 Å². The lowest BCUT2D eigenvalue weighted by molar-refractivity contribution is 0.0699. The first-order valence-electron chi connectivity index (χ1n) is 8.59. The second kappa shape index (κ2) is 6.68. The number of hydrogen-bond acceptors (Lipinski definition) is 3. The minimum Gasteiger partial charge on any atom is -0.336 e. The Kier molecular flexibility index (Phi) is 4.36. The third-order valence-corrected chi connectivity index (χ3v) is 5.34. The first kappa shape index (κ1) is 17.0. The number of rotatable bonds is 2. The van der Waals surface area contributed by atoms with Gasteiger partial charge in [-0.3, -0.25) is 9.20 Å². The van der Waals surface area contributed by atoms with Gasteiger partial charge in [-0.25, -0.2) is 4.39 Å². The second-order valence-corrected chi connectivity index (χ2v) is 7.05. The molecule has 3 heterocycles. The predicted octanol–water partition coefficient (Wildman–Crippen LogP) is 3.85. The molecule has 0 spiro atoms. The standard InChI is InChI=1S/C19H18ClFN4O/c1-12-5-6-16-22-23-18(25(16)11-12)19(26)24-9-7-13(8-10-24)14-3-2-4-15(21)17(14)20/h2-6,11,13H,7-10H2,1H3. The van der Waals surface area contributed by atoms with Gasteiger partial charge < -0.3 is 4.90 Å². The number of fused-ring (bicyclic) bond motifs is 1. The van der Waals surface area contributed by atoms with Gasteiger partial charge in [-0.15, -0.1) is 10.2 Å². The highest BCUT2D eigenvalue weighted by Crippen LogP contribution is 2.34. The summed E-state index contributed by atoms with van der Waals surface area (Å²) in [6.45, 7) is 3.12. The fourth-order valence-electron chi connectivity index (χ4n) is 3.51. The van der Waals surface area contributed by atoms with E-state index in [0.29, 0.717) is 24.6 Å². The minimum absolute atomic E-state index is 0.133. The normalized spacial score (nSPS) is 15.6. The average Bonchev–Trinajstić information content (AvgIpc) is 3.06. The number of halogens is 2. The van der Waals surface area contributed by atoms with E-state index in [1.165, 1.54) is 6.07 Å². The zero-order valence-corrected chi connectivity index (χ0v) is 15.1. The number of piperidine rings is 1. The van der Waals surface area contributed by atoms with Gasteiger partial charge in [0.1, 0.15) is 5.82 Å². The Morgan fingerprint density at radius 3 is 2.73 bits per heavy atom. The molecule has 0 unspecified atom stereocenters. The van der Waals surface area contributed by atoms with Crippen molar-refractivity contribution in [2.24, 2.45) is 0 Å². The van der Waals surface area contributed by atoms with Crippen molar-refractivity contribution in [2.45, 2.75) is 25.7 Å². The zero-order chi connectivity index (χ0) is 18.3. The molecule has 0 N–H and O–H groups in total. The fourth-order valence-corrected chi connectivity index (χ4v) is 3.79. The van der Waals surface area contributed by atoms with Crippen LogP contribution < -0.4 is 0 Å². The van der Waals surface area contributed by atoms with E-state index in [4.69, 9.17) is 11.6 Å². The van der Waals surface area contributed by atoms with Crippen LogP contribution in [0.4, 0.5) is 4.39 Å². The van der Waals surface area contributed by atoms with Gasteiger partial charge in [-0.05, 0) is 48.9 Å². The number of pyridine rings is 1. The maximum atomic E-state index is 13.7. The molecule has 0 radical (unpaired) electrons. The van der Waals surface area contributed by atoms with Crippen LogP contribution in [0.1, 0.15) is 40.5 Å². The van der Waals surface area contributed by atoms with Crippen molar-refractivity contribution in [1.29, 1.82) is 0 Å². The molecule has 3 aromatic rings. The number of likely N-dealkylation sites (tertiary alicyclic amines) is 1. The number of nitrogens with zero attached hydrogens (tertiary/aromatic N) is 4. The number of benzene rings is 1. The summed E-state index contributed by atoms with van der Waals surface area (Å²) in [5.41, 5.74) is 2.51. The molecule has 1 saturated heterocycles. The van der Waals surface area contributed by atoms with Crippen molar-refractivity contribution >= 4 is 23.2 Å². The van der Waals surface area contributed by atoms with Crippen molar-refractivity contribution in [3.8, 4) is 0 Å². The van der Waals surface area contributed by atoms with Gasteiger partial charge >= 0.3 is 0 Å². The highest BCUT2D eigenvalue weighted by molar-refractivity contribution is 6.31. The number of aryl methyl sites for hydroxylation is 1. The summed E-state index contributed by atoms with van der Waals surface area (Å²) in [4.78, 5) is 14.6. The molecular formula is C19H18ClFN4O. The van der Waals surface area contributed by atoms with E-state index >= 15 is 0 Å². The fraction of sp³-hybridized carbons (Fsp3) is 0.316. The van der Waals surface area contributed by atoms with Crippen molar-refractivity contribution < 1.29 is 9.18 Å². The first-order chi connectivity index (χ1) is 12.5. The molecule has 0 saturated carbocycles. The molecule has 7 heteroatoms. The number of hydrogen-bond donors (Lipinski definition) is 0. The van der Waals surface area contributed by atoms with Gasteiger partial charge in [0.2, 0.25) is 5.82 Å². The summed E-state index contributed by atoms with van der Waals surface area (Å²) in [5.74, 6) is -0.0505. The van der Waals surface area contributed by atoms with Crippen LogP contribution in [0.3, 0.4) is 0 Å². The van der Waals surface area contributed by atoms with Gasteiger partial charge in [0.15, 0.2) is 5.65 Å². The number of carbonyl (C=O) groups excluding carboxylic acids is 1. The van der Waals surface area contributed by atoms with Crippen LogP contribution >= 0.6 is 11.6 Å². The lowest BCUT2D eigenvalue weighted by atomic mass is 9.89. The Morgan fingerprint density at radius 1 is 1.19 bits per heavy atom. The maximum Gasteiger partial charge on any atom is 0.292 e. The van der Waals surface area contributed by atoms with Crippen LogP contribution in [0.25, 0.3) is 5.65 Å². The summed E-state index contributed by atoms with van der Waals surface area (Å²) in [6, 6.07) is 8.69. The molecule has 0 atom stereocenters. The van der Waals surface area contributed by atoms with Crippen LogP contribution in [0.2, 0.25) is 5.02 Å². The van der Waals surface area contributed by atoms with Crippen LogP contribution in [-0.4, -0.2) is 38.5 Å². The van der Waals surface area contributed by atoms with E-state index in [0.717, 1.165) is 24.0 Å². The minimum atomic E-state index is -0.395. The zero-order valence-electron chi connectivity index (χ0n) is 14.3. The Bertz CT molecular complexity index is 979. The molecular weight excluding hydrogens is 355 g/mol. The maximum absolute atomic E-state index is 13.7. The SMILES string of the molecule is Cc1ccc2nnc(C(=O)N3CCC(c4cccc(F)c4Cl)CC3)n2c1. The highest BCUT2D eigenvalue weighted by atomic mass is 35.5. The lowest BCUT2D eigenvalue weighted by Crippen LogP contribution is -2.38. The molecule has 1 aromatic carbocycles. The molecule has 2 aromatic heterocycles. The average molecular weight is 373 g/mol. The van der Waals surface area contributed by atoms with Gasteiger partial charge in [-0.2, -0.15) is 0 Å². The van der Waals surface area contributed by atoms with Crippen molar-refractivity contribution in [1.82, 2.24) is 19.5 Å². The Balaban J connectivity index is 1.51. The molecule has 1 aliphatic rings. The molecule has 1 amide bonds. The third kappa shape index (κ3) is 2.94. The van der Waals surface area contributed by atoms with E-state index in [9.17, 15) is 9.18 Å². The first-order valence-corrected chi connectivity index (χ1v) is 8.97. The molecule has 26 heavy (non-hydrogen) atoms. The van der Waals surface area contributed by atoms with E-state index in [1.54, 1.807) is 15.4 Å². The summed E-state index contributed by atoms with van der Waals surface area (Å²) in [5, 5.41) is 8.32. The summed E-state index contributed by atoms with van der Waals surface area (Å²) < 4.78 is 15.4. The van der Waals surface area contributed by atoms with Crippen molar-refractivity contribution in [3.63, 3.8) is 0 Å². The summed E-state index contributed by atoms with van der Waals surface area (Å²) in [7, 11) is 0.